The molecule has 0 bridgehead atoms. The number of benzene rings is 2. The zero-order valence-electron chi connectivity index (χ0n) is 13.7. The fourth-order valence-electron chi connectivity index (χ4n) is 2.43. The molecule has 1 fully saturated rings. The van der Waals surface area contributed by atoms with Crippen molar-refractivity contribution in [2.75, 3.05) is 10.6 Å². The van der Waals surface area contributed by atoms with E-state index in [-0.39, 0.29) is 23.1 Å². The van der Waals surface area contributed by atoms with Crippen LogP contribution in [0.25, 0.3) is 0 Å². The monoisotopic (exact) mass is 338 g/mol. The Balaban J connectivity index is 1.71. The number of nitrogens with one attached hydrogen (secondary N) is 2. The fourth-order valence-corrected chi connectivity index (χ4v) is 2.43. The molecule has 0 aromatic heterocycles. The average Bonchev–Trinajstić information content (AvgIpc) is 3.42. The molecule has 2 aromatic carbocycles. The van der Waals surface area contributed by atoms with Gasteiger partial charge in [-0.1, -0.05) is 11.6 Å². The fraction of sp³-hybridized carbons (Fsp3) is 0.211. The summed E-state index contributed by atoms with van der Waals surface area (Å²) in [6.07, 6.45) is 1.85. The van der Waals surface area contributed by atoms with E-state index in [1.54, 1.807) is 43.3 Å². The van der Waals surface area contributed by atoms with E-state index in [0.717, 1.165) is 18.4 Å². The van der Waals surface area contributed by atoms with Gasteiger partial charge >= 0.3 is 5.97 Å². The maximum Gasteiger partial charge on any atom is 0.337 e. The topological polar surface area (TPSA) is 95.5 Å². The molecule has 0 saturated heterocycles. The van der Waals surface area contributed by atoms with Crippen molar-refractivity contribution in [2.24, 2.45) is 5.92 Å². The van der Waals surface area contributed by atoms with Gasteiger partial charge in [0.05, 0.1) is 11.3 Å². The first kappa shape index (κ1) is 16.7. The third kappa shape index (κ3) is 4.03. The standard InChI is InChI=1S/C19H18N2O4/c1-11-2-9-16(15(10-11)19(24)25)21-18(23)13-5-7-14(8-6-13)20-17(22)12-3-4-12/h2,5-10,12H,3-4H2,1H3,(H,20,22)(H,21,23)(H,24,25). The van der Waals surface area contributed by atoms with Crippen molar-refractivity contribution < 1.29 is 19.5 Å². The summed E-state index contributed by atoms with van der Waals surface area (Å²) in [4.78, 5) is 35.4. The largest absolute Gasteiger partial charge is 0.478 e. The van der Waals surface area contributed by atoms with Crippen LogP contribution in [0.1, 0.15) is 39.1 Å². The molecular formula is C19H18N2O4. The van der Waals surface area contributed by atoms with Crippen molar-refractivity contribution in [1.82, 2.24) is 0 Å². The number of carbonyl (C=O) groups excluding carboxylic acids is 2. The van der Waals surface area contributed by atoms with Crippen LogP contribution in [0.4, 0.5) is 11.4 Å². The second-order valence-electron chi connectivity index (χ2n) is 6.15. The number of hydrogen-bond acceptors (Lipinski definition) is 3. The lowest BCUT2D eigenvalue weighted by Gasteiger charge is -2.10. The molecule has 128 valence electrons. The molecule has 3 N–H and O–H groups in total. The van der Waals surface area contributed by atoms with Crippen molar-refractivity contribution in [2.45, 2.75) is 19.8 Å². The lowest BCUT2D eigenvalue weighted by molar-refractivity contribution is -0.117. The first-order chi connectivity index (χ1) is 11.9. The zero-order valence-corrected chi connectivity index (χ0v) is 13.7. The van der Waals surface area contributed by atoms with Crippen LogP contribution < -0.4 is 10.6 Å². The summed E-state index contributed by atoms with van der Waals surface area (Å²) in [5.41, 5.74) is 2.10. The Kier molecular flexibility index (Phi) is 4.52. The van der Waals surface area contributed by atoms with Gasteiger partial charge in [0.1, 0.15) is 0 Å². The number of amides is 2. The lowest BCUT2D eigenvalue weighted by atomic mass is 10.1. The van der Waals surface area contributed by atoms with Gasteiger partial charge in [-0.15, -0.1) is 0 Å². The maximum absolute atomic E-state index is 12.3. The molecule has 2 amide bonds. The minimum Gasteiger partial charge on any atom is -0.478 e. The quantitative estimate of drug-likeness (QED) is 0.779. The van der Waals surface area contributed by atoms with Gasteiger partial charge in [-0.2, -0.15) is 0 Å². The molecule has 3 rings (SSSR count). The van der Waals surface area contributed by atoms with Gasteiger partial charge in [0.25, 0.3) is 5.91 Å². The summed E-state index contributed by atoms with van der Waals surface area (Å²) in [5.74, 6) is -1.40. The van der Waals surface area contributed by atoms with E-state index in [4.69, 9.17) is 0 Å². The van der Waals surface area contributed by atoms with Gasteiger partial charge in [0, 0.05) is 17.2 Å². The molecule has 1 aliphatic carbocycles. The normalized spacial score (nSPS) is 13.2. The van der Waals surface area contributed by atoms with Crippen molar-refractivity contribution in [3.63, 3.8) is 0 Å². The van der Waals surface area contributed by atoms with Gasteiger partial charge in [0.15, 0.2) is 0 Å². The van der Waals surface area contributed by atoms with Crippen molar-refractivity contribution in [1.29, 1.82) is 0 Å². The highest BCUT2D eigenvalue weighted by molar-refractivity contribution is 6.08. The summed E-state index contributed by atoms with van der Waals surface area (Å²) in [5, 5.41) is 14.7. The number of anilines is 2. The van der Waals surface area contributed by atoms with Crippen LogP contribution in [0.15, 0.2) is 42.5 Å². The summed E-state index contributed by atoms with van der Waals surface area (Å²) >= 11 is 0. The average molecular weight is 338 g/mol. The minimum absolute atomic E-state index is 0.00274. The van der Waals surface area contributed by atoms with E-state index < -0.39 is 11.9 Å². The van der Waals surface area contributed by atoms with Crippen LogP contribution in [0, 0.1) is 12.8 Å². The molecule has 0 aliphatic heterocycles. The molecule has 6 nitrogen and oxygen atoms in total. The molecule has 0 spiro atoms. The Labute approximate surface area is 144 Å². The number of carboxylic acid groups (broad SMARTS) is 1. The SMILES string of the molecule is Cc1ccc(NC(=O)c2ccc(NC(=O)C3CC3)cc2)c(C(=O)O)c1. The van der Waals surface area contributed by atoms with Crippen molar-refractivity contribution >= 4 is 29.2 Å². The Morgan fingerprint density at radius 3 is 2.28 bits per heavy atom. The summed E-state index contributed by atoms with van der Waals surface area (Å²) in [7, 11) is 0. The minimum atomic E-state index is -1.10. The van der Waals surface area contributed by atoms with Crippen LogP contribution in [0.5, 0.6) is 0 Å². The third-order valence-corrected chi connectivity index (χ3v) is 4.02. The maximum atomic E-state index is 12.3. The molecule has 25 heavy (non-hydrogen) atoms. The molecule has 1 saturated carbocycles. The summed E-state index contributed by atoms with van der Waals surface area (Å²) < 4.78 is 0. The van der Waals surface area contributed by atoms with E-state index in [1.165, 1.54) is 6.07 Å². The van der Waals surface area contributed by atoms with E-state index in [0.29, 0.717) is 11.3 Å². The van der Waals surface area contributed by atoms with Gasteiger partial charge in [-0.25, -0.2) is 4.79 Å². The zero-order chi connectivity index (χ0) is 18.0. The van der Waals surface area contributed by atoms with E-state index >= 15 is 0 Å². The molecule has 6 heteroatoms. The third-order valence-electron chi connectivity index (χ3n) is 4.02. The molecule has 2 aromatic rings. The van der Waals surface area contributed by atoms with E-state index in [1.807, 2.05) is 0 Å². The Morgan fingerprint density at radius 2 is 1.68 bits per heavy atom. The summed E-state index contributed by atoms with van der Waals surface area (Å²) in [6, 6.07) is 11.3. The first-order valence-corrected chi connectivity index (χ1v) is 8.00. The second-order valence-corrected chi connectivity index (χ2v) is 6.15. The van der Waals surface area contributed by atoms with Gasteiger partial charge < -0.3 is 15.7 Å². The van der Waals surface area contributed by atoms with Crippen LogP contribution in [-0.2, 0) is 4.79 Å². The highest BCUT2D eigenvalue weighted by Gasteiger charge is 2.29. The van der Waals surface area contributed by atoms with Crippen molar-refractivity contribution in [3.8, 4) is 0 Å². The molecular weight excluding hydrogens is 320 g/mol. The van der Waals surface area contributed by atoms with Crippen LogP contribution >= 0.6 is 0 Å². The first-order valence-electron chi connectivity index (χ1n) is 8.00. The van der Waals surface area contributed by atoms with Gasteiger partial charge in [-0.3, -0.25) is 9.59 Å². The van der Waals surface area contributed by atoms with Gasteiger partial charge in [0.2, 0.25) is 5.91 Å². The van der Waals surface area contributed by atoms with E-state index in [2.05, 4.69) is 10.6 Å². The molecule has 0 unspecified atom stereocenters. The number of aryl methyl sites for hydroxylation is 1. The molecule has 1 aliphatic rings. The lowest BCUT2D eigenvalue weighted by Crippen LogP contribution is -2.16. The van der Waals surface area contributed by atoms with Crippen LogP contribution in [0.2, 0.25) is 0 Å². The molecule has 0 radical (unpaired) electrons. The van der Waals surface area contributed by atoms with Crippen LogP contribution in [-0.4, -0.2) is 22.9 Å². The van der Waals surface area contributed by atoms with Gasteiger partial charge in [-0.05, 0) is 56.2 Å². The number of carbonyl (C=O) groups is 3. The van der Waals surface area contributed by atoms with Crippen molar-refractivity contribution in [3.05, 3.63) is 59.2 Å². The number of aromatic carboxylic acids is 1. The summed E-state index contributed by atoms with van der Waals surface area (Å²) in [6.45, 7) is 1.78. The Bertz CT molecular complexity index is 839. The Morgan fingerprint density at radius 1 is 1.00 bits per heavy atom. The highest BCUT2D eigenvalue weighted by Crippen LogP contribution is 2.30. The predicted octanol–water partition coefficient (Wildman–Crippen LogP) is 3.29. The van der Waals surface area contributed by atoms with E-state index in [9.17, 15) is 19.5 Å². The second kappa shape index (κ2) is 6.76. The Hall–Kier alpha value is -3.15. The highest BCUT2D eigenvalue weighted by atomic mass is 16.4. The number of hydrogen-bond donors (Lipinski definition) is 3. The number of carboxylic acids is 1. The van der Waals surface area contributed by atoms with Crippen LogP contribution in [0.3, 0.4) is 0 Å². The number of rotatable bonds is 5. The molecule has 0 atom stereocenters. The molecule has 0 heterocycles. The smallest absolute Gasteiger partial charge is 0.337 e. The predicted molar refractivity (Wildman–Crippen MR) is 93.9 cm³/mol.